The smallest absolute Gasteiger partial charge is 0.186 e. The fraction of sp³-hybridized carbons (Fsp3) is 0.500. The molecule has 0 saturated heterocycles. The molecular formula is C20H25NO3S. The van der Waals surface area contributed by atoms with E-state index in [0.717, 1.165) is 48.0 Å². The summed E-state index contributed by atoms with van der Waals surface area (Å²) < 4.78 is 0. The van der Waals surface area contributed by atoms with Crippen LogP contribution >= 0.6 is 11.8 Å². The summed E-state index contributed by atoms with van der Waals surface area (Å²) in [6, 6.07) is 7.81. The van der Waals surface area contributed by atoms with E-state index >= 15 is 0 Å². The lowest BCUT2D eigenvalue weighted by Gasteiger charge is -2.16. The minimum Gasteiger partial charge on any atom is -0.299 e. The molecule has 0 amide bonds. The van der Waals surface area contributed by atoms with Crippen molar-refractivity contribution in [2.24, 2.45) is 4.99 Å². The van der Waals surface area contributed by atoms with Crippen molar-refractivity contribution in [2.45, 2.75) is 57.9 Å². The van der Waals surface area contributed by atoms with Gasteiger partial charge < -0.3 is 0 Å². The Hall–Kier alpha value is -1.75. The number of benzene rings is 1. The van der Waals surface area contributed by atoms with Gasteiger partial charge in [0.1, 0.15) is 11.3 Å². The zero-order chi connectivity index (χ0) is 18.3. The van der Waals surface area contributed by atoms with E-state index in [2.05, 4.69) is 4.99 Å². The van der Waals surface area contributed by atoms with Gasteiger partial charge in [0.2, 0.25) is 0 Å². The monoisotopic (exact) mass is 359 g/mol. The second kappa shape index (κ2) is 9.09. The third kappa shape index (κ3) is 5.92. The van der Waals surface area contributed by atoms with Crippen LogP contribution in [0.4, 0.5) is 0 Å². The van der Waals surface area contributed by atoms with Crippen molar-refractivity contribution in [2.75, 3.05) is 5.75 Å². The van der Waals surface area contributed by atoms with Crippen molar-refractivity contribution in [1.29, 1.82) is 0 Å². The summed E-state index contributed by atoms with van der Waals surface area (Å²) in [6.07, 6.45) is 6.50. The van der Waals surface area contributed by atoms with E-state index in [9.17, 15) is 14.4 Å². The van der Waals surface area contributed by atoms with Crippen molar-refractivity contribution in [1.82, 2.24) is 0 Å². The van der Waals surface area contributed by atoms with Crippen LogP contribution in [0.2, 0.25) is 0 Å². The maximum Gasteiger partial charge on any atom is 0.186 e. The second-order valence-electron chi connectivity index (χ2n) is 6.62. The molecule has 0 aromatic heterocycles. The van der Waals surface area contributed by atoms with E-state index in [1.165, 1.54) is 6.92 Å². The van der Waals surface area contributed by atoms with Crippen LogP contribution in [0.5, 0.6) is 0 Å². The van der Waals surface area contributed by atoms with Gasteiger partial charge in [-0.15, -0.1) is 0 Å². The van der Waals surface area contributed by atoms with Crippen molar-refractivity contribution < 1.29 is 14.4 Å². The van der Waals surface area contributed by atoms with Crippen LogP contribution in [-0.2, 0) is 14.4 Å². The zero-order valence-corrected chi connectivity index (χ0v) is 15.7. The van der Waals surface area contributed by atoms with Gasteiger partial charge in [0, 0.05) is 19.8 Å². The van der Waals surface area contributed by atoms with Gasteiger partial charge in [-0.25, -0.2) is 0 Å². The second-order valence-corrected chi connectivity index (χ2v) is 7.77. The zero-order valence-electron chi connectivity index (χ0n) is 14.9. The van der Waals surface area contributed by atoms with E-state index in [-0.39, 0.29) is 22.4 Å². The molecule has 0 fully saturated rings. The van der Waals surface area contributed by atoms with Crippen molar-refractivity contribution in [3.8, 4) is 0 Å². The Morgan fingerprint density at radius 3 is 2.40 bits per heavy atom. The molecule has 0 N–H and O–H groups in total. The molecule has 0 aliphatic carbocycles. The molecule has 0 radical (unpaired) electrons. The first-order valence-corrected chi connectivity index (χ1v) is 9.75. The summed E-state index contributed by atoms with van der Waals surface area (Å²) in [4.78, 5) is 39.5. The van der Waals surface area contributed by atoms with Gasteiger partial charge in [0.15, 0.2) is 10.9 Å². The Bertz CT molecular complexity index is 734. The molecule has 4 nitrogen and oxygen atoms in total. The quantitative estimate of drug-likeness (QED) is 0.603. The average Bonchev–Trinajstić information content (AvgIpc) is 2.93. The molecule has 5 heteroatoms. The summed E-state index contributed by atoms with van der Waals surface area (Å²) in [5.41, 5.74) is -0.733. The molecule has 134 valence electrons. The van der Waals surface area contributed by atoms with Gasteiger partial charge in [-0.1, -0.05) is 42.8 Å². The third-order valence-corrected chi connectivity index (χ3v) is 5.21. The maximum atomic E-state index is 12.5. The number of hydrogen-bond donors (Lipinski definition) is 0. The summed E-state index contributed by atoms with van der Waals surface area (Å²) in [6.45, 7) is 3.35. The Kier molecular flexibility index (Phi) is 7.12. The van der Waals surface area contributed by atoms with Crippen molar-refractivity contribution >= 4 is 34.5 Å². The van der Waals surface area contributed by atoms with E-state index in [0.29, 0.717) is 12.8 Å². The highest BCUT2D eigenvalue weighted by molar-refractivity contribution is 8.14. The molecule has 25 heavy (non-hydrogen) atoms. The number of ketones is 2. The predicted molar refractivity (Wildman–Crippen MR) is 101 cm³/mol. The molecule has 1 aliphatic rings. The van der Waals surface area contributed by atoms with Crippen LogP contribution in [0.15, 0.2) is 29.3 Å². The molecule has 1 aromatic rings. The number of carbonyl (C=O) groups is 3. The number of hydrogen-bond acceptors (Lipinski definition) is 5. The minimum absolute atomic E-state index is 0.0170. The van der Waals surface area contributed by atoms with Crippen molar-refractivity contribution in [3.63, 3.8) is 0 Å². The van der Waals surface area contributed by atoms with Crippen LogP contribution in [0.1, 0.15) is 52.4 Å². The van der Waals surface area contributed by atoms with Gasteiger partial charge in [-0.05, 0) is 37.1 Å². The van der Waals surface area contributed by atoms with Crippen molar-refractivity contribution in [3.05, 3.63) is 34.8 Å². The number of para-hydroxylation sites is 1. The lowest BCUT2D eigenvalue weighted by molar-refractivity contribution is -0.121. The highest BCUT2D eigenvalue weighted by atomic mass is 32.2. The van der Waals surface area contributed by atoms with Crippen LogP contribution in [0.25, 0.3) is 6.08 Å². The first-order chi connectivity index (χ1) is 11.9. The summed E-state index contributed by atoms with van der Waals surface area (Å²) in [5.74, 6) is 0.558. The summed E-state index contributed by atoms with van der Waals surface area (Å²) in [5, 5.41) is 1.90. The molecule has 1 unspecified atom stereocenters. The highest BCUT2D eigenvalue weighted by Gasteiger charge is 2.31. The maximum absolute atomic E-state index is 12.5. The number of rotatable bonds is 10. The molecule has 2 rings (SSSR count). The lowest BCUT2D eigenvalue weighted by atomic mass is 9.93. The minimum atomic E-state index is -0.733. The SMILES string of the molecule is CC(=O)SCC(=O)CCCCCCC(=O)C1(C)C=c2ccccc2=N1. The number of Topliss-reactive ketones (excluding diaryl/α,β-unsaturated/α-hetero) is 2. The molecule has 1 aliphatic heterocycles. The standard InChI is InChI=1S/C20H25NO3S/c1-15(22)25-14-17(23)10-5-3-4-6-12-19(24)20(2)13-16-9-7-8-11-18(16)21-20/h7-9,11,13H,3-6,10,12,14H2,1-2H3. The Balaban J connectivity index is 1.66. The molecule has 1 aromatic carbocycles. The predicted octanol–water partition coefficient (Wildman–Crippen LogP) is 2.62. The third-order valence-electron chi connectivity index (χ3n) is 4.34. The fourth-order valence-electron chi connectivity index (χ4n) is 2.91. The van der Waals surface area contributed by atoms with E-state index < -0.39 is 5.54 Å². The first-order valence-electron chi connectivity index (χ1n) is 8.77. The average molecular weight is 359 g/mol. The molecule has 0 spiro atoms. The van der Waals surface area contributed by atoms with Gasteiger partial charge in [0.05, 0.1) is 11.1 Å². The highest BCUT2D eigenvalue weighted by Crippen LogP contribution is 2.19. The molecule has 1 heterocycles. The van der Waals surface area contributed by atoms with Gasteiger partial charge in [-0.2, -0.15) is 0 Å². The summed E-state index contributed by atoms with van der Waals surface area (Å²) >= 11 is 1.07. The number of nitrogens with zero attached hydrogens (tertiary/aromatic N) is 1. The van der Waals surface area contributed by atoms with E-state index in [1.807, 2.05) is 37.3 Å². The van der Waals surface area contributed by atoms with Crippen LogP contribution in [-0.4, -0.2) is 28.0 Å². The van der Waals surface area contributed by atoms with Gasteiger partial charge >= 0.3 is 0 Å². The molecule has 0 bridgehead atoms. The first kappa shape index (κ1) is 19.6. The van der Waals surface area contributed by atoms with Gasteiger partial charge in [-0.3, -0.25) is 19.4 Å². The largest absolute Gasteiger partial charge is 0.299 e. The Morgan fingerprint density at radius 1 is 1.04 bits per heavy atom. The van der Waals surface area contributed by atoms with Crippen LogP contribution < -0.4 is 10.6 Å². The fourth-order valence-corrected chi connectivity index (χ4v) is 3.42. The molecule has 0 saturated carbocycles. The number of unbranched alkanes of at least 4 members (excludes halogenated alkanes) is 3. The normalized spacial score (nSPS) is 18.2. The molecule has 1 atom stereocenters. The lowest BCUT2D eigenvalue weighted by Crippen LogP contribution is -2.29. The molecular weight excluding hydrogens is 334 g/mol. The Morgan fingerprint density at radius 2 is 1.72 bits per heavy atom. The van der Waals surface area contributed by atoms with Crippen LogP contribution in [0, 0.1) is 0 Å². The van der Waals surface area contributed by atoms with Crippen LogP contribution in [0.3, 0.4) is 0 Å². The number of thioether (sulfide) groups is 1. The number of carbonyl (C=O) groups excluding carboxylic acids is 3. The topological polar surface area (TPSA) is 63.6 Å². The Labute approximate surface area is 152 Å². The summed E-state index contributed by atoms with van der Waals surface area (Å²) in [7, 11) is 0. The number of fused-ring (bicyclic) bond motifs is 1. The van der Waals surface area contributed by atoms with E-state index in [4.69, 9.17) is 0 Å². The van der Waals surface area contributed by atoms with Gasteiger partial charge in [0.25, 0.3) is 0 Å². The van der Waals surface area contributed by atoms with E-state index in [1.54, 1.807) is 0 Å².